The summed E-state index contributed by atoms with van der Waals surface area (Å²) in [6.07, 6.45) is 22.0. The maximum atomic E-state index is 14.8. The molecule has 4 rings (SSSR count). The summed E-state index contributed by atoms with van der Waals surface area (Å²) in [5.74, 6) is -2.04. The van der Waals surface area contributed by atoms with Gasteiger partial charge >= 0.3 is 5.97 Å². The highest BCUT2D eigenvalue weighted by Gasteiger charge is 2.24. The molecule has 7 heteroatoms. The summed E-state index contributed by atoms with van der Waals surface area (Å²) in [5, 5.41) is 0. The summed E-state index contributed by atoms with van der Waals surface area (Å²) < 4.78 is 52.2. The number of halogens is 2. The van der Waals surface area contributed by atoms with Crippen molar-refractivity contribution in [2.45, 2.75) is 129 Å². The predicted molar refractivity (Wildman–Crippen MR) is 174 cm³/mol. The lowest BCUT2D eigenvalue weighted by Crippen LogP contribution is -2.27. The SMILES string of the molecule is CCCCCCCCCC1COC(c2ccc(OC(=O)c3ccc(OCCCCCCCC4CCCC4)c(F)c3F)cc2)OC1. The smallest absolute Gasteiger partial charge is 0.346 e. The van der Waals surface area contributed by atoms with Gasteiger partial charge in [0, 0.05) is 11.5 Å². The number of hydrogen-bond acceptors (Lipinski definition) is 5. The topological polar surface area (TPSA) is 54.0 Å². The summed E-state index contributed by atoms with van der Waals surface area (Å²) in [4.78, 5) is 12.6. The second kappa shape index (κ2) is 19.9. The number of hydrogen-bond donors (Lipinski definition) is 0. The van der Waals surface area contributed by atoms with Crippen LogP contribution < -0.4 is 9.47 Å². The van der Waals surface area contributed by atoms with Gasteiger partial charge in [0.05, 0.1) is 25.4 Å². The Kier molecular flexibility index (Phi) is 15.6. The molecule has 250 valence electrons. The number of esters is 1. The first-order valence-corrected chi connectivity index (χ1v) is 17.7. The average Bonchev–Trinajstić information content (AvgIpc) is 3.58. The maximum Gasteiger partial charge on any atom is 0.346 e. The lowest BCUT2D eigenvalue weighted by Gasteiger charge is -2.29. The largest absolute Gasteiger partial charge is 0.490 e. The average molecular weight is 629 g/mol. The molecule has 1 heterocycles. The van der Waals surface area contributed by atoms with Gasteiger partial charge in [-0.05, 0) is 43.0 Å². The Bertz CT molecular complexity index is 1120. The van der Waals surface area contributed by atoms with Gasteiger partial charge in [-0.15, -0.1) is 0 Å². The molecule has 0 N–H and O–H groups in total. The van der Waals surface area contributed by atoms with Gasteiger partial charge in [-0.1, -0.05) is 122 Å². The molecule has 0 aromatic heterocycles. The van der Waals surface area contributed by atoms with Crippen LogP contribution in [0.4, 0.5) is 8.78 Å². The van der Waals surface area contributed by atoms with E-state index < -0.39 is 29.5 Å². The Labute approximate surface area is 269 Å². The van der Waals surface area contributed by atoms with Crippen molar-refractivity contribution in [1.29, 1.82) is 0 Å². The van der Waals surface area contributed by atoms with E-state index in [0.29, 0.717) is 25.7 Å². The normalized spacial score (nSPS) is 18.7. The minimum absolute atomic E-state index is 0.188. The quantitative estimate of drug-likeness (QED) is 0.0829. The van der Waals surface area contributed by atoms with Crippen molar-refractivity contribution in [3.05, 3.63) is 59.2 Å². The van der Waals surface area contributed by atoms with Crippen LogP contribution in [0.3, 0.4) is 0 Å². The molecule has 1 saturated heterocycles. The van der Waals surface area contributed by atoms with Gasteiger partial charge in [0.2, 0.25) is 5.82 Å². The molecular formula is C38H54F2O5. The van der Waals surface area contributed by atoms with E-state index in [1.165, 1.54) is 102 Å². The van der Waals surface area contributed by atoms with Crippen LogP contribution >= 0.6 is 0 Å². The van der Waals surface area contributed by atoms with E-state index >= 15 is 0 Å². The van der Waals surface area contributed by atoms with Gasteiger partial charge in [0.15, 0.2) is 17.9 Å². The molecule has 1 aliphatic carbocycles. The first-order valence-electron chi connectivity index (χ1n) is 17.7. The predicted octanol–water partition coefficient (Wildman–Crippen LogP) is 10.9. The van der Waals surface area contributed by atoms with Gasteiger partial charge < -0.3 is 18.9 Å². The van der Waals surface area contributed by atoms with Crippen molar-refractivity contribution < 1.29 is 32.5 Å². The van der Waals surface area contributed by atoms with Crippen molar-refractivity contribution in [3.63, 3.8) is 0 Å². The van der Waals surface area contributed by atoms with Crippen LogP contribution in [0.1, 0.15) is 145 Å². The van der Waals surface area contributed by atoms with Crippen LogP contribution in [0.15, 0.2) is 36.4 Å². The van der Waals surface area contributed by atoms with Crippen molar-refractivity contribution in [2.24, 2.45) is 11.8 Å². The van der Waals surface area contributed by atoms with Gasteiger partial charge in [-0.2, -0.15) is 4.39 Å². The van der Waals surface area contributed by atoms with E-state index in [0.717, 1.165) is 37.2 Å². The van der Waals surface area contributed by atoms with Gasteiger partial charge in [0.25, 0.3) is 0 Å². The zero-order valence-corrected chi connectivity index (χ0v) is 27.3. The van der Waals surface area contributed by atoms with E-state index in [-0.39, 0.29) is 11.5 Å². The van der Waals surface area contributed by atoms with Gasteiger partial charge in [0.1, 0.15) is 5.75 Å². The molecule has 1 saturated carbocycles. The molecule has 5 nitrogen and oxygen atoms in total. The second-order valence-electron chi connectivity index (χ2n) is 13.0. The third-order valence-electron chi connectivity index (χ3n) is 9.30. The lowest BCUT2D eigenvalue weighted by atomic mass is 9.99. The molecule has 0 amide bonds. The molecule has 2 aromatic rings. The highest BCUT2D eigenvalue weighted by atomic mass is 19.2. The number of carbonyl (C=O) groups excluding carboxylic acids is 1. The number of rotatable bonds is 20. The number of unbranched alkanes of at least 4 members (excludes halogenated alkanes) is 10. The highest BCUT2D eigenvalue weighted by molar-refractivity contribution is 5.91. The summed E-state index contributed by atoms with van der Waals surface area (Å²) in [5.41, 5.74) is 0.337. The van der Waals surface area contributed by atoms with Crippen molar-refractivity contribution in [1.82, 2.24) is 0 Å². The van der Waals surface area contributed by atoms with Crippen LogP contribution in [0, 0.1) is 23.5 Å². The van der Waals surface area contributed by atoms with Crippen LogP contribution in [0.2, 0.25) is 0 Å². The third kappa shape index (κ3) is 12.0. The standard InChI is InChI=1S/C38H54F2O5/c1-2-3-4-5-6-8-12-19-30-27-43-38(44-28-30)31-20-22-32(23-21-31)45-37(41)33-24-25-34(36(40)35(33)39)42-26-15-10-7-9-11-16-29-17-13-14-18-29/h20-25,29-30,38H,2-19,26-28H2,1H3. The monoisotopic (exact) mass is 628 g/mol. The summed E-state index contributed by atoms with van der Waals surface area (Å²) >= 11 is 0. The molecule has 0 bridgehead atoms. The molecule has 2 fully saturated rings. The molecule has 1 aliphatic heterocycles. The van der Waals surface area contributed by atoms with E-state index in [2.05, 4.69) is 6.92 Å². The molecular weight excluding hydrogens is 574 g/mol. The fraction of sp³-hybridized carbons (Fsp3) is 0.658. The van der Waals surface area contributed by atoms with Crippen molar-refractivity contribution in [3.8, 4) is 11.5 Å². The first kappa shape index (κ1) is 35.3. The zero-order chi connectivity index (χ0) is 31.7. The molecule has 0 unspecified atom stereocenters. The van der Waals surface area contributed by atoms with E-state index in [4.69, 9.17) is 18.9 Å². The molecule has 0 spiro atoms. The van der Waals surface area contributed by atoms with Crippen LogP contribution in [0.25, 0.3) is 0 Å². The molecule has 0 atom stereocenters. The van der Waals surface area contributed by atoms with Crippen molar-refractivity contribution in [2.75, 3.05) is 19.8 Å². The molecule has 0 radical (unpaired) electrons. The van der Waals surface area contributed by atoms with Crippen LogP contribution in [-0.2, 0) is 9.47 Å². The Morgan fingerprint density at radius 1 is 0.733 bits per heavy atom. The third-order valence-corrected chi connectivity index (χ3v) is 9.30. The van der Waals surface area contributed by atoms with E-state index in [1.807, 2.05) is 0 Å². The number of benzene rings is 2. The van der Waals surface area contributed by atoms with Gasteiger partial charge in [-0.3, -0.25) is 0 Å². The zero-order valence-electron chi connectivity index (χ0n) is 27.3. The maximum absolute atomic E-state index is 14.8. The summed E-state index contributed by atoms with van der Waals surface area (Å²) in [7, 11) is 0. The second-order valence-corrected chi connectivity index (χ2v) is 13.0. The van der Waals surface area contributed by atoms with Crippen molar-refractivity contribution >= 4 is 5.97 Å². The van der Waals surface area contributed by atoms with E-state index in [1.54, 1.807) is 24.3 Å². The Balaban J connectivity index is 1.12. The summed E-state index contributed by atoms with van der Waals surface area (Å²) in [6, 6.07) is 9.22. The Hall–Kier alpha value is -2.51. The Morgan fingerprint density at radius 3 is 2.00 bits per heavy atom. The Morgan fingerprint density at radius 2 is 1.33 bits per heavy atom. The van der Waals surface area contributed by atoms with E-state index in [9.17, 15) is 13.6 Å². The molecule has 45 heavy (non-hydrogen) atoms. The highest BCUT2D eigenvalue weighted by Crippen LogP contribution is 2.31. The fourth-order valence-corrected chi connectivity index (χ4v) is 6.49. The summed E-state index contributed by atoms with van der Waals surface area (Å²) in [6.45, 7) is 3.86. The molecule has 2 aliphatic rings. The lowest BCUT2D eigenvalue weighted by molar-refractivity contribution is -0.206. The number of carbonyl (C=O) groups is 1. The van der Waals surface area contributed by atoms with Crippen LogP contribution in [-0.4, -0.2) is 25.8 Å². The molecule has 2 aromatic carbocycles. The number of ether oxygens (including phenoxy) is 4. The minimum atomic E-state index is -1.27. The van der Waals surface area contributed by atoms with Crippen LogP contribution in [0.5, 0.6) is 11.5 Å². The minimum Gasteiger partial charge on any atom is -0.490 e. The fourth-order valence-electron chi connectivity index (χ4n) is 6.49. The first-order chi connectivity index (χ1) is 22.0. The van der Waals surface area contributed by atoms with Gasteiger partial charge in [-0.25, -0.2) is 9.18 Å².